The third-order valence-electron chi connectivity index (χ3n) is 2.77. The van der Waals surface area contributed by atoms with Gasteiger partial charge in [-0.05, 0) is 42.0 Å². The molecule has 0 saturated heterocycles. The number of hydrogen-bond acceptors (Lipinski definition) is 6. The van der Waals surface area contributed by atoms with Gasteiger partial charge in [0.1, 0.15) is 5.75 Å². The Kier molecular flexibility index (Phi) is 5.76. The number of carbonyl (C=O) groups excluding carboxylic acids is 1. The van der Waals surface area contributed by atoms with Crippen molar-refractivity contribution in [3.63, 3.8) is 0 Å². The van der Waals surface area contributed by atoms with E-state index in [2.05, 4.69) is 20.8 Å². The highest BCUT2D eigenvalue weighted by Gasteiger charge is 2.11. The molecule has 1 amide bonds. The van der Waals surface area contributed by atoms with E-state index >= 15 is 0 Å². The van der Waals surface area contributed by atoms with Gasteiger partial charge in [-0.15, -0.1) is 5.10 Å². The molecule has 0 fully saturated rings. The van der Waals surface area contributed by atoms with Gasteiger partial charge in [0.2, 0.25) is 11.1 Å². The van der Waals surface area contributed by atoms with Crippen LogP contribution in [0, 0.1) is 0 Å². The number of nitrogens with one attached hydrogen (secondary N) is 1. The zero-order chi connectivity index (χ0) is 15.9. The number of methoxy groups -OCH3 is 1. The monoisotopic (exact) mass is 321 g/mol. The smallest absolute Gasteiger partial charge is 0.230 e. The SMILES string of the molecule is COc1ccc(Cn2nnnc2SCC(=O)NC(C)C)cc1. The Morgan fingerprint density at radius 2 is 2.09 bits per heavy atom. The summed E-state index contributed by atoms with van der Waals surface area (Å²) in [7, 11) is 1.63. The van der Waals surface area contributed by atoms with Gasteiger partial charge in [0.25, 0.3) is 0 Å². The minimum absolute atomic E-state index is 0.0287. The highest BCUT2D eigenvalue weighted by molar-refractivity contribution is 7.99. The number of thioether (sulfide) groups is 1. The van der Waals surface area contributed by atoms with Crippen LogP contribution in [0.5, 0.6) is 5.75 Å². The normalized spacial score (nSPS) is 10.7. The highest BCUT2D eigenvalue weighted by Crippen LogP contribution is 2.16. The Morgan fingerprint density at radius 3 is 2.73 bits per heavy atom. The molecule has 0 aliphatic heterocycles. The van der Waals surface area contributed by atoms with Gasteiger partial charge in [-0.2, -0.15) is 0 Å². The van der Waals surface area contributed by atoms with Crippen LogP contribution in [0.1, 0.15) is 19.4 Å². The molecule has 0 bridgehead atoms. The van der Waals surface area contributed by atoms with Crippen LogP contribution in [-0.2, 0) is 11.3 Å². The van der Waals surface area contributed by atoms with E-state index in [1.807, 2.05) is 38.1 Å². The first kappa shape index (κ1) is 16.3. The molecule has 1 aromatic heterocycles. The minimum atomic E-state index is -0.0287. The second-order valence-corrected chi connectivity index (χ2v) is 5.92. The molecular formula is C14H19N5O2S. The number of tetrazole rings is 1. The molecule has 0 atom stereocenters. The van der Waals surface area contributed by atoms with E-state index in [-0.39, 0.29) is 11.9 Å². The molecule has 118 valence electrons. The van der Waals surface area contributed by atoms with E-state index in [1.54, 1.807) is 11.8 Å². The third kappa shape index (κ3) is 4.73. The molecule has 0 spiro atoms. The van der Waals surface area contributed by atoms with Crippen LogP contribution in [-0.4, -0.2) is 45.0 Å². The first-order valence-electron chi connectivity index (χ1n) is 6.89. The van der Waals surface area contributed by atoms with Crippen LogP contribution >= 0.6 is 11.8 Å². The van der Waals surface area contributed by atoms with Crippen LogP contribution in [0.15, 0.2) is 29.4 Å². The molecule has 2 rings (SSSR count). The molecular weight excluding hydrogens is 302 g/mol. The second-order valence-electron chi connectivity index (χ2n) is 4.98. The largest absolute Gasteiger partial charge is 0.497 e. The quantitative estimate of drug-likeness (QED) is 0.775. The van der Waals surface area contributed by atoms with E-state index < -0.39 is 0 Å². The summed E-state index contributed by atoms with van der Waals surface area (Å²) in [5.41, 5.74) is 1.06. The average Bonchev–Trinajstić information content (AvgIpc) is 2.92. The summed E-state index contributed by atoms with van der Waals surface area (Å²) in [6.07, 6.45) is 0. The summed E-state index contributed by atoms with van der Waals surface area (Å²) in [6, 6.07) is 7.83. The number of nitrogens with zero attached hydrogens (tertiary/aromatic N) is 4. The third-order valence-corrected chi connectivity index (χ3v) is 3.73. The van der Waals surface area contributed by atoms with Crippen molar-refractivity contribution in [2.75, 3.05) is 12.9 Å². The van der Waals surface area contributed by atoms with Crippen LogP contribution in [0.25, 0.3) is 0 Å². The van der Waals surface area contributed by atoms with Crippen molar-refractivity contribution in [2.45, 2.75) is 31.6 Å². The molecule has 22 heavy (non-hydrogen) atoms. The summed E-state index contributed by atoms with van der Waals surface area (Å²) in [4.78, 5) is 11.7. The number of ether oxygens (including phenoxy) is 1. The van der Waals surface area contributed by atoms with Crippen molar-refractivity contribution in [3.8, 4) is 5.75 Å². The molecule has 0 aliphatic carbocycles. The molecule has 0 radical (unpaired) electrons. The minimum Gasteiger partial charge on any atom is -0.497 e. The Morgan fingerprint density at radius 1 is 1.36 bits per heavy atom. The number of benzene rings is 1. The fourth-order valence-corrected chi connectivity index (χ4v) is 2.48. The van der Waals surface area contributed by atoms with Crippen LogP contribution in [0.4, 0.5) is 0 Å². The fraction of sp³-hybridized carbons (Fsp3) is 0.429. The molecule has 8 heteroatoms. The summed E-state index contributed by atoms with van der Waals surface area (Å²) in [5, 5.41) is 15.1. The number of amides is 1. The molecule has 7 nitrogen and oxygen atoms in total. The van der Waals surface area contributed by atoms with E-state index in [1.165, 1.54) is 11.8 Å². The standard InChI is InChI=1S/C14H19N5O2S/c1-10(2)15-13(20)9-22-14-16-17-18-19(14)8-11-4-6-12(21-3)7-5-11/h4-7,10H,8-9H2,1-3H3,(H,15,20). The lowest BCUT2D eigenvalue weighted by Gasteiger charge is -2.08. The van der Waals surface area contributed by atoms with E-state index in [0.29, 0.717) is 17.5 Å². The molecule has 1 heterocycles. The van der Waals surface area contributed by atoms with Crippen molar-refractivity contribution in [1.29, 1.82) is 0 Å². The van der Waals surface area contributed by atoms with E-state index in [9.17, 15) is 4.79 Å². The van der Waals surface area contributed by atoms with Gasteiger partial charge in [-0.3, -0.25) is 4.79 Å². The summed E-state index contributed by atoms with van der Waals surface area (Å²) < 4.78 is 6.80. The molecule has 1 N–H and O–H groups in total. The zero-order valence-corrected chi connectivity index (χ0v) is 13.6. The van der Waals surface area contributed by atoms with Gasteiger partial charge >= 0.3 is 0 Å². The molecule has 0 unspecified atom stereocenters. The number of carbonyl (C=O) groups is 1. The molecule has 2 aromatic rings. The van der Waals surface area contributed by atoms with Crippen LogP contribution < -0.4 is 10.1 Å². The van der Waals surface area contributed by atoms with Gasteiger partial charge in [0.05, 0.1) is 19.4 Å². The topological polar surface area (TPSA) is 81.9 Å². The van der Waals surface area contributed by atoms with Crippen molar-refractivity contribution >= 4 is 17.7 Å². The van der Waals surface area contributed by atoms with Crippen molar-refractivity contribution in [3.05, 3.63) is 29.8 Å². The number of aromatic nitrogens is 4. The van der Waals surface area contributed by atoms with Gasteiger partial charge in [-0.25, -0.2) is 4.68 Å². The summed E-state index contributed by atoms with van der Waals surface area (Å²) >= 11 is 1.32. The van der Waals surface area contributed by atoms with Gasteiger partial charge in [0, 0.05) is 6.04 Å². The Labute approximate surface area is 133 Å². The molecule has 0 saturated carbocycles. The van der Waals surface area contributed by atoms with E-state index in [4.69, 9.17) is 4.74 Å². The maximum atomic E-state index is 11.7. The lowest BCUT2D eigenvalue weighted by atomic mass is 10.2. The van der Waals surface area contributed by atoms with Gasteiger partial charge in [0.15, 0.2) is 0 Å². The Hall–Kier alpha value is -2.09. The maximum absolute atomic E-state index is 11.7. The first-order chi connectivity index (χ1) is 10.6. The van der Waals surface area contributed by atoms with Crippen molar-refractivity contribution in [2.24, 2.45) is 0 Å². The lowest BCUT2D eigenvalue weighted by Crippen LogP contribution is -2.31. The number of rotatable bonds is 7. The predicted molar refractivity (Wildman–Crippen MR) is 83.9 cm³/mol. The fourth-order valence-electron chi connectivity index (χ4n) is 1.80. The summed E-state index contributed by atoms with van der Waals surface area (Å²) in [5.74, 6) is 1.07. The van der Waals surface area contributed by atoms with E-state index in [0.717, 1.165) is 11.3 Å². The highest BCUT2D eigenvalue weighted by atomic mass is 32.2. The first-order valence-corrected chi connectivity index (χ1v) is 7.88. The van der Waals surface area contributed by atoms with Gasteiger partial charge in [-0.1, -0.05) is 23.9 Å². The van der Waals surface area contributed by atoms with Crippen molar-refractivity contribution in [1.82, 2.24) is 25.5 Å². The van der Waals surface area contributed by atoms with Crippen molar-refractivity contribution < 1.29 is 9.53 Å². The maximum Gasteiger partial charge on any atom is 0.230 e. The Balaban J connectivity index is 1.95. The van der Waals surface area contributed by atoms with Crippen LogP contribution in [0.3, 0.4) is 0 Å². The average molecular weight is 321 g/mol. The predicted octanol–water partition coefficient (Wildman–Crippen LogP) is 1.35. The van der Waals surface area contributed by atoms with Gasteiger partial charge < -0.3 is 10.1 Å². The zero-order valence-electron chi connectivity index (χ0n) is 12.8. The molecule has 0 aliphatic rings. The lowest BCUT2D eigenvalue weighted by molar-refractivity contribution is -0.119. The Bertz CT molecular complexity index is 612. The second kappa shape index (κ2) is 7.79. The number of hydrogen-bond donors (Lipinski definition) is 1. The molecule has 1 aromatic carbocycles. The van der Waals surface area contributed by atoms with Crippen LogP contribution in [0.2, 0.25) is 0 Å². The summed E-state index contributed by atoms with van der Waals surface area (Å²) in [6.45, 7) is 4.40.